The summed E-state index contributed by atoms with van der Waals surface area (Å²) in [5.41, 5.74) is 1.06. The van der Waals surface area contributed by atoms with Crippen LogP contribution in [0.1, 0.15) is 6.42 Å². The Bertz CT molecular complexity index is 940. The van der Waals surface area contributed by atoms with E-state index in [0.29, 0.717) is 22.1 Å². The van der Waals surface area contributed by atoms with E-state index in [1.165, 1.54) is 17.0 Å². The first kappa shape index (κ1) is 19.9. The van der Waals surface area contributed by atoms with Crippen LogP contribution in [0.2, 0.25) is 5.02 Å². The molecule has 146 valence electrons. The highest BCUT2D eigenvalue weighted by molar-refractivity contribution is 6.34. The van der Waals surface area contributed by atoms with Gasteiger partial charge >= 0.3 is 5.97 Å². The molecule has 2 atom stereocenters. The Morgan fingerprint density at radius 2 is 1.93 bits per heavy atom. The topological polar surface area (TPSA) is 125 Å². The van der Waals surface area contributed by atoms with Gasteiger partial charge in [0, 0.05) is 10.7 Å². The maximum atomic E-state index is 13.2. The van der Waals surface area contributed by atoms with Crippen molar-refractivity contribution in [2.45, 2.75) is 17.3 Å². The monoisotopic (exact) mass is 422 g/mol. The van der Waals surface area contributed by atoms with E-state index in [-0.39, 0.29) is 0 Å². The predicted octanol–water partition coefficient (Wildman–Crippen LogP) is 2.24. The number of hydrogen-bond acceptors (Lipinski definition) is 5. The second-order valence-corrected chi connectivity index (χ2v) is 7.05. The fraction of sp³-hybridized carbons (Fsp3) is 0.167. The van der Waals surface area contributed by atoms with Gasteiger partial charge in [0.05, 0.1) is 17.8 Å². The number of carbonyl (C=O) groups excluding carboxylic acids is 2. The van der Waals surface area contributed by atoms with Crippen LogP contribution in [0.15, 0.2) is 48.5 Å². The molecule has 0 fully saturated rings. The van der Waals surface area contributed by atoms with Crippen LogP contribution >= 0.6 is 23.2 Å². The van der Waals surface area contributed by atoms with Gasteiger partial charge < -0.3 is 10.4 Å². The molecular weight excluding hydrogens is 407 g/mol. The maximum Gasteiger partial charge on any atom is 0.324 e. The molecular formula is C18H16Cl2N4O4. The van der Waals surface area contributed by atoms with Gasteiger partial charge in [-0.1, -0.05) is 29.8 Å². The molecule has 1 heterocycles. The number of nitrogens with two attached hydrogens (primary N) is 1. The number of hydrogen-bond donors (Lipinski definition) is 4. The molecule has 2 unspecified atom stereocenters. The van der Waals surface area contributed by atoms with Crippen LogP contribution in [0, 0.1) is 0 Å². The first-order valence-electron chi connectivity index (χ1n) is 8.14. The van der Waals surface area contributed by atoms with Crippen LogP contribution in [0.25, 0.3) is 0 Å². The van der Waals surface area contributed by atoms with Crippen molar-refractivity contribution in [3.63, 3.8) is 0 Å². The third kappa shape index (κ3) is 3.37. The zero-order valence-electron chi connectivity index (χ0n) is 14.4. The largest absolute Gasteiger partial charge is 0.480 e. The van der Waals surface area contributed by atoms with E-state index in [9.17, 15) is 19.5 Å². The van der Waals surface area contributed by atoms with Gasteiger partial charge in [-0.05, 0) is 30.3 Å². The normalized spacial score (nSPS) is 19.8. The fourth-order valence-corrected chi connectivity index (χ4v) is 3.53. The summed E-state index contributed by atoms with van der Waals surface area (Å²) in [6.45, 7) is 0. The number of rotatable bonds is 4. The summed E-state index contributed by atoms with van der Waals surface area (Å²) < 4.78 is 0. The predicted molar refractivity (Wildman–Crippen MR) is 106 cm³/mol. The fourth-order valence-electron chi connectivity index (χ4n) is 3.14. The maximum absolute atomic E-state index is 13.2. The lowest BCUT2D eigenvalue weighted by Gasteiger charge is -2.33. The molecule has 0 saturated carbocycles. The molecule has 0 aromatic heterocycles. The van der Waals surface area contributed by atoms with Gasteiger partial charge in [-0.25, -0.2) is 5.84 Å². The molecule has 0 aliphatic carbocycles. The Labute approximate surface area is 170 Å². The third-order valence-electron chi connectivity index (χ3n) is 4.44. The summed E-state index contributed by atoms with van der Waals surface area (Å²) in [6, 6.07) is 13.3. The van der Waals surface area contributed by atoms with Crippen LogP contribution < -0.4 is 21.5 Å². The summed E-state index contributed by atoms with van der Waals surface area (Å²) in [6.07, 6.45) is -0.558. The standard InChI is InChI=1S/C18H16Cl2N4O4/c19-10-6-7-12-13(8-10)24(11-4-2-1-3-5-11)14(25)9-18(22-12,17(28)23-21)15(20)16(26)27/h1-8,15,22H,9,21H2,(H,23,28)(H,26,27). The first-order valence-corrected chi connectivity index (χ1v) is 8.95. The average Bonchev–Trinajstić information content (AvgIpc) is 2.81. The summed E-state index contributed by atoms with van der Waals surface area (Å²) in [7, 11) is 0. The molecule has 0 spiro atoms. The van der Waals surface area contributed by atoms with Crippen LogP contribution in [-0.4, -0.2) is 33.8 Å². The molecule has 3 rings (SSSR count). The van der Waals surface area contributed by atoms with Gasteiger partial charge in [0.25, 0.3) is 5.91 Å². The van der Waals surface area contributed by atoms with Crippen molar-refractivity contribution in [2.75, 3.05) is 10.2 Å². The van der Waals surface area contributed by atoms with E-state index in [1.54, 1.807) is 36.4 Å². The molecule has 0 radical (unpaired) electrons. The van der Waals surface area contributed by atoms with Crippen LogP contribution in [-0.2, 0) is 14.4 Å². The minimum Gasteiger partial charge on any atom is -0.480 e. The number of fused-ring (bicyclic) bond motifs is 1. The second kappa shape index (κ2) is 7.67. The van der Waals surface area contributed by atoms with Gasteiger partial charge in [-0.3, -0.25) is 24.7 Å². The highest BCUT2D eigenvalue weighted by atomic mass is 35.5. The Balaban J connectivity index is 2.25. The smallest absolute Gasteiger partial charge is 0.324 e. The van der Waals surface area contributed by atoms with Crippen molar-refractivity contribution in [1.82, 2.24) is 5.43 Å². The number of alkyl halides is 1. The minimum atomic E-state index is -2.02. The zero-order valence-corrected chi connectivity index (χ0v) is 15.9. The molecule has 2 aromatic rings. The number of para-hydroxylation sites is 1. The lowest BCUT2D eigenvalue weighted by atomic mass is 9.89. The SMILES string of the molecule is NNC(=O)C1(C(Cl)C(=O)O)CC(=O)N(c2ccccc2)c2cc(Cl)ccc2N1. The van der Waals surface area contributed by atoms with E-state index in [0.717, 1.165) is 0 Å². The van der Waals surface area contributed by atoms with Crippen molar-refractivity contribution >= 4 is 58.0 Å². The molecule has 8 nitrogen and oxygen atoms in total. The van der Waals surface area contributed by atoms with Crippen molar-refractivity contribution < 1.29 is 19.5 Å². The third-order valence-corrected chi connectivity index (χ3v) is 5.23. The van der Waals surface area contributed by atoms with Crippen molar-refractivity contribution in [3.8, 4) is 0 Å². The van der Waals surface area contributed by atoms with Crippen molar-refractivity contribution in [2.24, 2.45) is 5.84 Å². The Morgan fingerprint density at radius 1 is 1.25 bits per heavy atom. The Hall–Kier alpha value is -2.81. The minimum absolute atomic E-state index is 0.301. The van der Waals surface area contributed by atoms with Crippen LogP contribution in [0.4, 0.5) is 17.1 Å². The second-order valence-electron chi connectivity index (χ2n) is 6.17. The van der Waals surface area contributed by atoms with Gasteiger partial charge in [0.1, 0.15) is 0 Å². The van der Waals surface area contributed by atoms with Crippen LogP contribution in [0.5, 0.6) is 0 Å². The molecule has 10 heteroatoms. The van der Waals surface area contributed by atoms with Crippen molar-refractivity contribution in [3.05, 3.63) is 53.6 Å². The molecule has 2 aromatic carbocycles. The number of nitrogens with zero attached hydrogens (tertiary/aromatic N) is 1. The van der Waals surface area contributed by atoms with Gasteiger partial charge in [0.15, 0.2) is 10.9 Å². The summed E-state index contributed by atoms with van der Waals surface area (Å²) in [4.78, 5) is 38.8. The van der Waals surface area contributed by atoms with E-state index in [2.05, 4.69) is 5.32 Å². The molecule has 0 bridgehead atoms. The number of benzene rings is 2. The number of anilines is 3. The van der Waals surface area contributed by atoms with Gasteiger partial charge in [0.2, 0.25) is 5.91 Å². The Kier molecular flexibility index (Phi) is 5.46. The van der Waals surface area contributed by atoms with Crippen LogP contribution in [0.3, 0.4) is 0 Å². The number of nitrogens with one attached hydrogen (secondary N) is 2. The van der Waals surface area contributed by atoms with E-state index in [1.807, 2.05) is 5.43 Å². The lowest BCUT2D eigenvalue weighted by Crippen LogP contribution is -2.62. The zero-order chi connectivity index (χ0) is 20.5. The molecule has 1 aliphatic rings. The number of carboxylic acid groups (broad SMARTS) is 1. The summed E-state index contributed by atoms with van der Waals surface area (Å²) in [5.74, 6) is 2.31. The quantitative estimate of drug-likeness (QED) is 0.259. The Morgan fingerprint density at radius 3 is 2.54 bits per heavy atom. The van der Waals surface area contributed by atoms with E-state index in [4.69, 9.17) is 29.0 Å². The first-order chi connectivity index (χ1) is 13.3. The molecule has 1 aliphatic heterocycles. The summed E-state index contributed by atoms with van der Waals surface area (Å²) >= 11 is 12.2. The number of halogens is 2. The van der Waals surface area contributed by atoms with Crippen molar-refractivity contribution in [1.29, 1.82) is 0 Å². The highest BCUT2D eigenvalue weighted by Gasteiger charge is 2.53. The number of aliphatic carboxylic acids is 1. The molecule has 5 N–H and O–H groups in total. The highest BCUT2D eigenvalue weighted by Crippen LogP contribution is 2.42. The van der Waals surface area contributed by atoms with Gasteiger partial charge in [-0.15, -0.1) is 11.6 Å². The van der Waals surface area contributed by atoms with E-state index < -0.39 is 35.1 Å². The molecule has 2 amide bonds. The van der Waals surface area contributed by atoms with E-state index >= 15 is 0 Å². The lowest BCUT2D eigenvalue weighted by molar-refractivity contribution is -0.141. The molecule has 28 heavy (non-hydrogen) atoms. The number of carboxylic acids is 1. The number of amides is 2. The van der Waals surface area contributed by atoms with Gasteiger partial charge in [-0.2, -0.15) is 0 Å². The average molecular weight is 423 g/mol. The number of hydrazine groups is 1. The summed E-state index contributed by atoms with van der Waals surface area (Å²) in [5, 5.41) is 10.9. The number of carbonyl (C=O) groups is 3. The molecule has 0 saturated heterocycles.